The van der Waals surface area contributed by atoms with Gasteiger partial charge in [-0.25, -0.2) is 4.39 Å². The molecule has 2 aromatic rings. The van der Waals surface area contributed by atoms with E-state index in [0.717, 1.165) is 43.4 Å². The maximum Gasteiger partial charge on any atom is 0.256 e. The first kappa shape index (κ1) is 19.6. The third kappa shape index (κ3) is 4.04. The van der Waals surface area contributed by atoms with Gasteiger partial charge in [-0.1, -0.05) is 24.3 Å². The number of para-hydroxylation sites is 1. The van der Waals surface area contributed by atoms with Gasteiger partial charge in [0, 0.05) is 25.0 Å². The first-order chi connectivity index (χ1) is 14.0. The van der Waals surface area contributed by atoms with Crippen LogP contribution in [-0.4, -0.2) is 35.3 Å². The van der Waals surface area contributed by atoms with Gasteiger partial charge in [0.05, 0.1) is 11.3 Å². The number of rotatable bonds is 5. The summed E-state index contributed by atoms with van der Waals surface area (Å²) in [5, 5.41) is 0. The van der Waals surface area contributed by atoms with Crippen molar-refractivity contribution in [1.29, 1.82) is 0 Å². The monoisotopic (exact) mass is 394 g/mol. The summed E-state index contributed by atoms with van der Waals surface area (Å²) in [4.78, 5) is 29.6. The number of benzene rings is 2. The Balaban J connectivity index is 1.53. The van der Waals surface area contributed by atoms with Gasteiger partial charge in [0.1, 0.15) is 5.82 Å². The van der Waals surface area contributed by atoms with Crippen LogP contribution in [0.1, 0.15) is 54.9 Å². The SMILES string of the molecule is C[C@@H]1CC[C@H](CCc2ccc(F)cc2)N1C(=O)c1ccccc1N1CCCC1=O. The van der Waals surface area contributed by atoms with Crippen molar-refractivity contribution in [3.8, 4) is 0 Å². The quantitative estimate of drug-likeness (QED) is 0.745. The average Bonchev–Trinajstić information content (AvgIpc) is 3.32. The van der Waals surface area contributed by atoms with E-state index in [2.05, 4.69) is 6.92 Å². The standard InChI is InChI=1S/C24H27FN2O2/c1-17-8-14-20(15-11-18-9-12-19(25)13-10-18)27(17)24(29)21-5-2-3-6-22(21)26-16-4-7-23(26)28/h2-3,5-6,9-10,12-13,17,20H,4,7-8,11,14-16H2,1H3/t17-,20-/m1/s1. The van der Waals surface area contributed by atoms with Crippen molar-refractivity contribution in [3.63, 3.8) is 0 Å². The van der Waals surface area contributed by atoms with Crippen molar-refractivity contribution in [3.05, 3.63) is 65.5 Å². The molecule has 2 heterocycles. The van der Waals surface area contributed by atoms with Crippen molar-refractivity contribution in [1.82, 2.24) is 4.90 Å². The van der Waals surface area contributed by atoms with Gasteiger partial charge in [0.15, 0.2) is 0 Å². The van der Waals surface area contributed by atoms with Crippen LogP contribution in [0.5, 0.6) is 0 Å². The normalized spacial score (nSPS) is 21.8. The van der Waals surface area contributed by atoms with Crippen molar-refractivity contribution < 1.29 is 14.0 Å². The molecule has 0 bridgehead atoms. The number of carbonyl (C=O) groups excluding carboxylic acids is 2. The molecule has 2 aliphatic rings. The Hall–Kier alpha value is -2.69. The van der Waals surface area contributed by atoms with Crippen molar-refractivity contribution in [2.75, 3.05) is 11.4 Å². The lowest BCUT2D eigenvalue weighted by Gasteiger charge is -2.30. The van der Waals surface area contributed by atoms with Gasteiger partial charge < -0.3 is 9.80 Å². The zero-order valence-electron chi connectivity index (χ0n) is 16.8. The van der Waals surface area contributed by atoms with Crippen molar-refractivity contribution >= 4 is 17.5 Å². The van der Waals surface area contributed by atoms with E-state index in [9.17, 15) is 14.0 Å². The van der Waals surface area contributed by atoms with Gasteiger partial charge >= 0.3 is 0 Å². The Bertz CT molecular complexity index is 896. The third-order valence-electron chi connectivity index (χ3n) is 6.20. The molecule has 2 aliphatic heterocycles. The lowest BCUT2D eigenvalue weighted by atomic mass is 10.0. The lowest BCUT2D eigenvalue weighted by molar-refractivity contribution is -0.117. The van der Waals surface area contributed by atoms with Gasteiger partial charge in [-0.15, -0.1) is 0 Å². The van der Waals surface area contributed by atoms with Crippen LogP contribution in [-0.2, 0) is 11.2 Å². The summed E-state index contributed by atoms with van der Waals surface area (Å²) in [6, 6.07) is 14.4. The van der Waals surface area contributed by atoms with Crippen LogP contribution in [0.3, 0.4) is 0 Å². The van der Waals surface area contributed by atoms with Crippen molar-refractivity contribution in [2.45, 2.75) is 57.5 Å². The maximum absolute atomic E-state index is 13.5. The molecular formula is C24H27FN2O2. The minimum absolute atomic E-state index is 0.00871. The summed E-state index contributed by atoms with van der Waals surface area (Å²) in [5.74, 6) is -0.130. The summed E-state index contributed by atoms with van der Waals surface area (Å²) < 4.78 is 13.1. The van der Waals surface area contributed by atoms with E-state index in [4.69, 9.17) is 0 Å². The van der Waals surface area contributed by atoms with E-state index in [1.807, 2.05) is 41.3 Å². The number of hydrogen-bond acceptors (Lipinski definition) is 2. The summed E-state index contributed by atoms with van der Waals surface area (Å²) in [5.41, 5.74) is 2.43. The molecule has 0 saturated carbocycles. The minimum atomic E-state index is -0.229. The van der Waals surface area contributed by atoms with Gasteiger partial charge in [-0.3, -0.25) is 9.59 Å². The first-order valence-corrected chi connectivity index (χ1v) is 10.5. The number of aryl methyl sites for hydroxylation is 1. The molecule has 0 aliphatic carbocycles. The fourth-order valence-corrected chi connectivity index (χ4v) is 4.64. The van der Waals surface area contributed by atoms with Crippen LogP contribution in [0.25, 0.3) is 0 Å². The molecule has 0 spiro atoms. The lowest BCUT2D eigenvalue weighted by Crippen LogP contribution is -2.41. The van der Waals surface area contributed by atoms with E-state index >= 15 is 0 Å². The molecule has 2 aromatic carbocycles. The van der Waals surface area contributed by atoms with Gasteiger partial charge in [-0.05, 0) is 68.9 Å². The predicted molar refractivity (Wildman–Crippen MR) is 111 cm³/mol. The zero-order chi connectivity index (χ0) is 20.4. The summed E-state index contributed by atoms with van der Waals surface area (Å²) in [7, 11) is 0. The molecule has 29 heavy (non-hydrogen) atoms. The van der Waals surface area contributed by atoms with Crippen LogP contribution >= 0.6 is 0 Å². The maximum atomic E-state index is 13.5. The van der Waals surface area contributed by atoms with Gasteiger partial charge in [0.2, 0.25) is 5.91 Å². The topological polar surface area (TPSA) is 40.6 Å². The molecule has 0 aromatic heterocycles. The third-order valence-corrected chi connectivity index (χ3v) is 6.20. The number of likely N-dealkylation sites (tertiary alicyclic amines) is 1. The fourth-order valence-electron chi connectivity index (χ4n) is 4.64. The zero-order valence-corrected chi connectivity index (χ0v) is 16.8. The number of hydrogen-bond donors (Lipinski definition) is 0. The molecule has 2 atom stereocenters. The second-order valence-electron chi connectivity index (χ2n) is 8.12. The summed E-state index contributed by atoms with van der Waals surface area (Å²) in [6.45, 7) is 2.77. The van der Waals surface area contributed by atoms with Crippen LogP contribution in [0, 0.1) is 5.82 Å². The number of nitrogens with zero attached hydrogens (tertiary/aromatic N) is 2. The Morgan fingerprint density at radius 3 is 2.59 bits per heavy atom. The highest BCUT2D eigenvalue weighted by molar-refractivity contribution is 6.05. The van der Waals surface area contributed by atoms with Crippen LogP contribution < -0.4 is 4.90 Å². The largest absolute Gasteiger partial charge is 0.333 e. The Labute approximate surface area is 171 Å². The van der Waals surface area contributed by atoms with E-state index < -0.39 is 0 Å². The molecule has 4 nitrogen and oxygen atoms in total. The second-order valence-corrected chi connectivity index (χ2v) is 8.12. The Morgan fingerprint density at radius 2 is 1.86 bits per heavy atom. The van der Waals surface area contributed by atoms with Gasteiger partial charge in [0.25, 0.3) is 5.91 Å². The van der Waals surface area contributed by atoms with Gasteiger partial charge in [-0.2, -0.15) is 0 Å². The molecule has 5 heteroatoms. The van der Waals surface area contributed by atoms with Crippen LogP contribution in [0.15, 0.2) is 48.5 Å². The number of carbonyl (C=O) groups is 2. The van der Waals surface area contributed by atoms with E-state index in [1.54, 1.807) is 4.90 Å². The molecule has 0 N–H and O–H groups in total. The number of anilines is 1. The molecule has 2 saturated heterocycles. The van der Waals surface area contributed by atoms with Crippen LogP contribution in [0.2, 0.25) is 0 Å². The molecule has 0 unspecified atom stereocenters. The molecular weight excluding hydrogens is 367 g/mol. The highest BCUT2D eigenvalue weighted by Gasteiger charge is 2.36. The smallest absolute Gasteiger partial charge is 0.256 e. The Kier molecular flexibility index (Phi) is 5.65. The van der Waals surface area contributed by atoms with Crippen molar-refractivity contribution in [2.24, 2.45) is 0 Å². The number of amides is 2. The van der Waals surface area contributed by atoms with E-state index in [0.29, 0.717) is 18.5 Å². The summed E-state index contributed by atoms with van der Waals surface area (Å²) in [6.07, 6.45) is 4.99. The minimum Gasteiger partial charge on any atom is -0.333 e. The Morgan fingerprint density at radius 1 is 1.10 bits per heavy atom. The highest BCUT2D eigenvalue weighted by atomic mass is 19.1. The first-order valence-electron chi connectivity index (χ1n) is 10.5. The molecule has 2 amide bonds. The summed E-state index contributed by atoms with van der Waals surface area (Å²) >= 11 is 0. The average molecular weight is 394 g/mol. The number of halogens is 1. The fraction of sp³-hybridized carbons (Fsp3) is 0.417. The van der Waals surface area contributed by atoms with E-state index in [1.165, 1.54) is 12.1 Å². The molecule has 0 radical (unpaired) electrons. The van der Waals surface area contributed by atoms with Crippen LogP contribution in [0.4, 0.5) is 10.1 Å². The van der Waals surface area contributed by atoms with E-state index in [-0.39, 0.29) is 29.7 Å². The molecule has 152 valence electrons. The second kappa shape index (κ2) is 8.36. The highest BCUT2D eigenvalue weighted by Crippen LogP contribution is 2.32. The molecule has 4 rings (SSSR count). The molecule has 2 fully saturated rings. The predicted octanol–water partition coefficient (Wildman–Crippen LogP) is 4.58.